The van der Waals surface area contributed by atoms with Gasteiger partial charge in [0.15, 0.2) is 0 Å². The minimum Gasteiger partial charge on any atom is -0.338 e. The molecule has 1 aromatic rings. The van der Waals surface area contributed by atoms with Gasteiger partial charge in [-0.2, -0.15) is 0 Å². The van der Waals surface area contributed by atoms with Crippen molar-refractivity contribution in [3.63, 3.8) is 0 Å². The number of rotatable bonds is 4. The van der Waals surface area contributed by atoms with Crippen LogP contribution in [-0.2, 0) is 9.59 Å². The summed E-state index contributed by atoms with van der Waals surface area (Å²) in [6.07, 6.45) is 4.31. The highest BCUT2D eigenvalue weighted by Gasteiger charge is 2.27. The predicted molar refractivity (Wildman–Crippen MR) is 93.6 cm³/mol. The fourth-order valence-corrected chi connectivity index (χ4v) is 3.45. The highest BCUT2D eigenvalue weighted by molar-refractivity contribution is 5.98. The first-order valence-corrected chi connectivity index (χ1v) is 8.58. The second kappa shape index (κ2) is 7.62. The molecule has 2 amide bonds. The molecule has 1 heterocycles. The van der Waals surface area contributed by atoms with E-state index in [4.69, 9.17) is 0 Å². The summed E-state index contributed by atoms with van der Waals surface area (Å²) in [7, 11) is 0. The number of amides is 2. The van der Waals surface area contributed by atoms with Gasteiger partial charge in [-0.3, -0.25) is 9.59 Å². The van der Waals surface area contributed by atoms with Crippen molar-refractivity contribution in [3.05, 3.63) is 29.3 Å². The molecule has 0 N–H and O–H groups in total. The van der Waals surface area contributed by atoms with Crippen molar-refractivity contribution < 1.29 is 9.59 Å². The molecule has 0 radical (unpaired) electrons. The van der Waals surface area contributed by atoms with Crippen LogP contribution in [0, 0.1) is 13.8 Å². The van der Waals surface area contributed by atoms with E-state index in [0.29, 0.717) is 6.04 Å². The molecule has 0 saturated carbocycles. The molecular formula is C19H28N2O2. The first kappa shape index (κ1) is 17.5. The summed E-state index contributed by atoms with van der Waals surface area (Å²) in [6.45, 7) is 8.62. The van der Waals surface area contributed by atoms with Gasteiger partial charge in [0.2, 0.25) is 11.8 Å². The van der Waals surface area contributed by atoms with Crippen molar-refractivity contribution in [1.82, 2.24) is 4.90 Å². The van der Waals surface area contributed by atoms with Crippen LogP contribution in [0.3, 0.4) is 0 Å². The molecular weight excluding hydrogens is 288 g/mol. The van der Waals surface area contributed by atoms with Crippen LogP contribution in [0.1, 0.15) is 50.7 Å². The lowest BCUT2D eigenvalue weighted by atomic mass is 10.00. The summed E-state index contributed by atoms with van der Waals surface area (Å²) in [4.78, 5) is 28.5. The summed E-state index contributed by atoms with van der Waals surface area (Å²) in [5, 5.41) is 0. The molecule has 4 heteroatoms. The molecule has 0 aliphatic carbocycles. The second-order valence-electron chi connectivity index (χ2n) is 6.54. The van der Waals surface area contributed by atoms with E-state index in [1.54, 1.807) is 4.90 Å². The van der Waals surface area contributed by atoms with E-state index in [-0.39, 0.29) is 18.4 Å². The van der Waals surface area contributed by atoms with E-state index >= 15 is 0 Å². The average molecular weight is 316 g/mol. The number of piperidine rings is 1. The molecule has 0 aromatic heterocycles. The van der Waals surface area contributed by atoms with Crippen LogP contribution in [0.2, 0.25) is 0 Å². The highest BCUT2D eigenvalue weighted by atomic mass is 16.2. The Balaban J connectivity index is 2.19. The van der Waals surface area contributed by atoms with Gasteiger partial charge in [-0.1, -0.05) is 24.6 Å². The van der Waals surface area contributed by atoms with Gasteiger partial charge in [-0.05, 0) is 51.2 Å². The standard InChI is InChI=1S/C19H28N2O2/c1-5-17-8-6-7-11-20(17)19(23)13-21(16(4)22)18-10-9-14(2)12-15(18)3/h9-10,12,17H,5-8,11,13H2,1-4H3. The Morgan fingerprint density at radius 2 is 2.00 bits per heavy atom. The highest BCUT2D eigenvalue weighted by Crippen LogP contribution is 2.23. The van der Waals surface area contributed by atoms with E-state index in [0.717, 1.165) is 42.6 Å². The zero-order valence-corrected chi connectivity index (χ0v) is 14.8. The Bertz CT molecular complexity index is 583. The third-order valence-electron chi connectivity index (χ3n) is 4.74. The van der Waals surface area contributed by atoms with Crippen LogP contribution in [0.4, 0.5) is 5.69 Å². The van der Waals surface area contributed by atoms with Crippen molar-refractivity contribution in [2.45, 2.75) is 59.4 Å². The minimum absolute atomic E-state index is 0.0618. The Kier molecular flexibility index (Phi) is 5.80. The molecule has 1 aliphatic rings. The molecule has 2 rings (SSSR count). The van der Waals surface area contributed by atoms with Crippen LogP contribution in [0.15, 0.2) is 18.2 Å². The Hall–Kier alpha value is -1.84. The lowest BCUT2D eigenvalue weighted by Gasteiger charge is -2.36. The summed E-state index contributed by atoms with van der Waals surface area (Å²) in [5.74, 6) is -0.0258. The van der Waals surface area contributed by atoms with Crippen molar-refractivity contribution in [1.29, 1.82) is 0 Å². The van der Waals surface area contributed by atoms with Crippen molar-refractivity contribution in [3.8, 4) is 0 Å². The molecule has 0 bridgehead atoms. The fourth-order valence-electron chi connectivity index (χ4n) is 3.45. The van der Waals surface area contributed by atoms with Crippen LogP contribution < -0.4 is 4.90 Å². The molecule has 4 nitrogen and oxygen atoms in total. The number of benzene rings is 1. The molecule has 1 aliphatic heterocycles. The van der Waals surface area contributed by atoms with E-state index in [1.165, 1.54) is 13.3 Å². The van der Waals surface area contributed by atoms with Gasteiger partial charge in [0.25, 0.3) is 0 Å². The third kappa shape index (κ3) is 4.12. The maximum absolute atomic E-state index is 12.8. The largest absolute Gasteiger partial charge is 0.338 e. The lowest BCUT2D eigenvalue weighted by Crippen LogP contribution is -2.48. The number of nitrogens with zero attached hydrogens (tertiary/aromatic N) is 2. The van der Waals surface area contributed by atoms with Gasteiger partial charge >= 0.3 is 0 Å². The Labute approximate surface area is 139 Å². The van der Waals surface area contributed by atoms with Gasteiger partial charge in [0.1, 0.15) is 6.54 Å². The van der Waals surface area contributed by atoms with E-state index in [1.807, 2.05) is 36.9 Å². The molecule has 1 unspecified atom stereocenters. The first-order valence-electron chi connectivity index (χ1n) is 8.58. The number of hydrogen-bond donors (Lipinski definition) is 0. The van der Waals surface area contributed by atoms with E-state index in [2.05, 4.69) is 6.92 Å². The maximum Gasteiger partial charge on any atom is 0.242 e. The number of carbonyl (C=O) groups is 2. The molecule has 1 aromatic carbocycles. The van der Waals surface area contributed by atoms with Crippen molar-refractivity contribution in [2.24, 2.45) is 0 Å². The first-order chi connectivity index (χ1) is 10.9. The Morgan fingerprint density at radius 1 is 1.26 bits per heavy atom. The normalized spacial score (nSPS) is 17.9. The van der Waals surface area contributed by atoms with Crippen LogP contribution in [-0.4, -0.2) is 35.8 Å². The fraction of sp³-hybridized carbons (Fsp3) is 0.579. The minimum atomic E-state index is -0.0876. The van der Waals surface area contributed by atoms with Gasteiger partial charge in [0.05, 0.1) is 0 Å². The van der Waals surface area contributed by atoms with Gasteiger partial charge in [-0.25, -0.2) is 0 Å². The van der Waals surface area contributed by atoms with Crippen molar-refractivity contribution in [2.75, 3.05) is 18.0 Å². The van der Waals surface area contributed by atoms with Crippen molar-refractivity contribution >= 4 is 17.5 Å². The molecule has 1 fully saturated rings. The van der Waals surface area contributed by atoms with Gasteiger partial charge in [-0.15, -0.1) is 0 Å². The zero-order chi connectivity index (χ0) is 17.0. The smallest absolute Gasteiger partial charge is 0.242 e. The number of carbonyl (C=O) groups excluding carboxylic acids is 2. The number of anilines is 1. The summed E-state index contributed by atoms with van der Waals surface area (Å²) >= 11 is 0. The van der Waals surface area contributed by atoms with E-state index < -0.39 is 0 Å². The van der Waals surface area contributed by atoms with Gasteiger partial charge in [0, 0.05) is 25.2 Å². The number of aryl methyl sites for hydroxylation is 2. The third-order valence-corrected chi connectivity index (χ3v) is 4.74. The summed E-state index contributed by atoms with van der Waals surface area (Å²) in [5.41, 5.74) is 3.02. The van der Waals surface area contributed by atoms with E-state index in [9.17, 15) is 9.59 Å². The summed E-state index contributed by atoms with van der Waals surface area (Å²) < 4.78 is 0. The quantitative estimate of drug-likeness (QED) is 0.853. The number of likely N-dealkylation sites (tertiary alicyclic amines) is 1. The lowest BCUT2D eigenvalue weighted by molar-refractivity contribution is -0.134. The van der Waals surface area contributed by atoms with Crippen LogP contribution in [0.5, 0.6) is 0 Å². The summed E-state index contributed by atoms with van der Waals surface area (Å²) in [6, 6.07) is 6.29. The molecule has 1 atom stereocenters. The SMILES string of the molecule is CCC1CCCCN1C(=O)CN(C(C)=O)c1ccc(C)cc1C. The average Bonchev–Trinajstić information content (AvgIpc) is 2.52. The molecule has 23 heavy (non-hydrogen) atoms. The van der Waals surface area contributed by atoms with Crippen LogP contribution >= 0.6 is 0 Å². The molecule has 0 spiro atoms. The molecule has 1 saturated heterocycles. The monoisotopic (exact) mass is 316 g/mol. The molecule has 126 valence electrons. The predicted octanol–water partition coefficient (Wildman–Crippen LogP) is 3.45. The van der Waals surface area contributed by atoms with Gasteiger partial charge < -0.3 is 9.80 Å². The number of hydrogen-bond acceptors (Lipinski definition) is 2. The second-order valence-corrected chi connectivity index (χ2v) is 6.54. The Morgan fingerprint density at radius 3 is 2.61 bits per heavy atom. The maximum atomic E-state index is 12.8. The topological polar surface area (TPSA) is 40.6 Å². The zero-order valence-electron chi connectivity index (χ0n) is 14.8. The van der Waals surface area contributed by atoms with Crippen LogP contribution in [0.25, 0.3) is 0 Å².